The van der Waals surface area contributed by atoms with Crippen LogP contribution < -0.4 is 5.73 Å². The molecule has 0 saturated heterocycles. The molecular weight excluding hydrogens is 302 g/mol. The Balaban J connectivity index is 2.58. The quantitative estimate of drug-likeness (QED) is 0.922. The molecule has 2 rings (SSSR count). The van der Waals surface area contributed by atoms with E-state index in [0.29, 0.717) is 5.02 Å². The summed E-state index contributed by atoms with van der Waals surface area (Å²) in [5.41, 5.74) is 7.43. The molecule has 0 amide bonds. The van der Waals surface area contributed by atoms with Gasteiger partial charge in [-0.25, -0.2) is 4.98 Å². The second kappa shape index (κ2) is 4.44. The standard InChI is InChI=1S/C12H13BrClN3/c1-12(2,15)11-6-16-7-17(11)10-4-3-8(13)5-9(10)14/h3-7H,15H2,1-2H3. The van der Waals surface area contributed by atoms with E-state index in [1.807, 2.05) is 36.6 Å². The monoisotopic (exact) mass is 313 g/mol. The van der Waals surface area contributed by atoms with E-state index in [-0.39, 0.29) is 0 Å². The third kappa shape index (κ3) is 2.54. The van der Waals surface area contributed by atoms with Crippen LogP contribution in [0.5, 0.6) is 0 Å². The van der Waals surface area contributed by atoms with Crippen LogP contribution >= 0.6 is 27.5 Å². The van der Waals surface area contributed by atoms with Gasteiger partial charge < -0.3 is 5.73 Å². The molecule has 0 atom stereocenters. The highest BCUT2D eigenvalue weighted by molar-refractivity contribution is 9.10. The van der Waals surface area contributed by atoms with Gasteiger partial charge in [-0.05, 0) is 32.0 Å². The molecule has 0 unspecified atom stereocenters. The molecule has 1 aromatic carbocycles. The first kappa shape index (κ1) is 12.6. The number of halogens is 2. The van der Waals surface area contributed by atoms with E-state index >= 15 is 0 Å². The van der Waals surface area contributed by atoms with Crippen molar-refractivity contribution in [1.29, 1.82) is 0 Å². The molecule has 0 aliphatic heterocycles. The number of imidazole rings is 1. The zero-order valence-corrected chi connectivity index (χ0v) is 12.0. The van der Waals surface area contributed by atoms with Gasteiger partial charge in [0.1, 0.15) is 0 Å². The van der Waals surface area contributed by atoms with Gasteiger partial charge in [0, 0.05) is 4.47 Å². The Labute approximate surface area is 114 Å². The van der Waals surface area contributed by atoms with E-state index in [4.69, 9.17) is 17.3 Å². The summed E-state index contributed by atoms with van der Waals surface area (Å²) < 4.78 is 2.86. The molecule has 2 aromatic rings. The molecule has 0 bridgehead atoms. The van der Waals surface area contributed by atoms with Gasteiger partial charge in [-0.2, -0.15) is 0 Å². The molecule has 17 heavy (non-hydrogen) atoms. The fourth-order valence-corrected chi connectivity index (χ4v) is 2.40. The molecule has 0 aliphatic rings. The zero-order valence-electron chi connectivity index (χ0n) is 9.61. The molecule has 2 N–H and O–H groups in total. The third-order valence-corrected chi connectivity index (χ3v) is 3.26. The summed E-state index contributed by atoms with van der Waals surface area (Å²) in [5, 5.41) is 0.655. The summed E-state index contributed by atoms with van der Waals surface area (Å²) in [6, 6.07) is 5.72. The van der Waals surface area contributed by atoms with Gasteiger partial charge in [0.25, 0.3) is 0 Å². The highest BCUT2D eigenvalue weighted by atomic mass is 79.9. The lowest BCUT2D eigenvalue weighted by Gasteiger charge is -2.21. The van der Waals surface area contributed by atoms with E-state index in [1.54, 1.807) is 12.5 Å². The molecule has 0 fully saturated rings. The minimum atomic E-state index is -0.465. The van der Waals surface area contributed by atoms with Crippen LogP contribution in [0.25, 0.3) is 5.69 Å². The Hall–Kier alpha value is -0.840. The lowest BCUT2D eigenvalue weighted by atomic mass is 10.0. The van der Waals surface area contributed by atoms with Crippen molar-refractivity contribution in [2.24, 2.45) is 5.73 Å². The summed E-state index contributed by atoms with van der Waals surface area (Å²) in [6.07, 6.45) is 3.48. The number of aromatic nitrogens is 2. The Kier molecular flexibility index (Phi) is 3.30. The minimum absolute atomic E-state index is 0.465. The summed E-state index contributed by atoms with van der Waals surface area (Å²) in [6.45, 7) is 3.88. The van der Waals surface area contributed by atoms with E-state index < -0.39 is 5.54 Å². The Morgan fingerprint density at radius 2 is 2.12 bits per heavy atom. The van der Waals surface area contributed by atoms with Crippen molar-refractivity contribution in [3.63, 3.8) is 0 Å². The average molecular weight is 315 g/mol. The van der Waals surface area contributed by atoms with Gasteiger partial charge in [-0.3, -0.25) is 4.57 Å². The Morgan fingerprint density at radius 3 is 2.71 bits per heavy atom. The zero-order chi connectivity index (χ0) is 12.6. The second-order valence-corrected chi connectivity index (χ2v) is 5.79. The van der Waals surface area contributed by atoms with Crippen molar-refractivity contribution in [2.45, 2.75) is 19.4 Å². The largest absolute Gasteiger partial charge is 0.321 e. The normalized spacial score (nSPS) is 11.8. The Morgan fingerprint density at radius 1 is 1.41 bits per heavy atom. The number of nitrogens with zero attached hydrogens (tertiary/aromatic N) is 2. The predicted molar refractivity (Wildman–Crippen MR) is 73.5 cm³/mol. The van der Waals surface area contributed by atoms with Gasteiger partial charge in [0.05, 0.1) is 34.5 Å². The van der Waals surface area contributed by atoms with Crippen LogP contribution in [0.3, 0.4) is 0 Å². The topological polar surface area (TPSA) is 43.8 Å². The van der Waals surface area contributed by atoms with E-state index in [1.165, 1.54) is 0 Å². The number of hydrogen-bond donors (Lipinski definition) is 1. The average Bonchev–Trinajstić information content (AvgIpc) is 2.65. The molecule has 90 valence electrons. The maximum Gasteiger partial charge on any atom is 0.0995 e. The van der Waals surface area contributed by atoms with Crippen LogP contribution in [-0.4, -0.2) is 9.55 Å². The number of hydrogen-bond acceptors (Lipinski definition) is 2. The molecule has 1 aromatic heterocycles. The smallest absolute Gasteiger partial charge is 0.0995 e. The highest BCUT2D eigenvalue weighted by Gasteiger charge is 2.20. The van der Waals surface area contributed by atoms with Crippen molar-refractivity contribution in [1.82, 2.24) is 9.55 Å². The van der Waals surface area contributed by atoms with Crippen molar-refractivity contribution < 1.29 is 0 Å². The minimum Gasteiger partial charge on any atom is -0.321 e. The van der Waals surface area contributed by atoms with Crippen LogP contribution in [0.1, 0.15) is 19.5 Å². The Bertz CT molecular complexity index is 543. The van der Waals surface area contributed by atoms with Gasteiger partial charge in [-0.1, -0.05) is 27.5 Å². The molecule has 3 nitrogen and oxygen atoms in total. The first-order valence-electron chi connectivity index (χ1n) is 5.17. The van der Waals surface area contributed by atoms with E-state index in [0.717, 1.165) is 15.9 Å². The van der Waals surface area contributed by atoms with Crippen LogP contribution in [0.2, 0.25) is 5.02 Å². The third-order valence-electron chi connectivity index (χ3n) is 2.47. The van der Waals surface area contributed by atoms with Crippen molar-refractivity contribution in [3.05, 3.63) is 45.9 Å². The van der Waals surface area contributed by atoms with Crippen molar-refractivity contribution in [2.75, 3.05) is 0 Å². The molecule has 0 saturated carbocycles. The predicted octanol–water partition coefficient (Wildman–Crippen LogP) is 3.48. The molecule has 5 heteroatoms. The van der Waals surface area contributed by atoms with Crippen LogP contribution in [0.15, 0.2) is 35.2 Å². The molecule has 1 heterocycles. The van der Waals surface area contributed by atoms with Gasteiger partial charge >= 0.3 is 0 Å². The fraction of sp³-hybridized carbons (Fsp3) is 0.250. The van der Waals surface area contributed by atoms with Crippen molar-refractivity contribution >= 4 is 27.5 Å². The number of benzene rings is 1. The maximum atomic E-state index is 6.22. The molecular formula is C12H13BrClN3. The first-order chi connectivity index (χ1) is 7.89. The SMILES string of the molecule is CC(C)(N)c1cncn1-c1ccc(Br)cc1Cl. The summed E-state index contributed by atoms with van der Waals surface area (Å²) in [7, 11) is 0. The van der Waals surface area contributed by atoms with Crippen LogP contribution in [0.4, 0.5) is 0 Å². The van der Waals surface area contributed by atoms with E-state index in [2.05, 4.69) is 20.9 Å². The highest BCUT2D eigenvalue weighted by Crippen LogP contribution is 2.28. The lowest BCUT2D eigenvalue weighted by Crippen LogP contribution is -2.31. The van der Waals surface area contributed by atoms with Gasteiger partial charge in [-0.15, -0.1) is 0 Å². The van der Waals surface area contributed by atoms with Crippen LogP contribution in [-0.2, 0) is 5.54 Å². The lowest BCUT2D eigenvalue weighted by molar-refractivity contribution is 0.524. The van der Waals surface area contributed by atoms with E-state index in [9.17, 15) is 0 Å². The second-order valence-electron chi connectivity index (χ2n) is 4.47. The molecule has 0 radical (unpaired) electrons. The number of nitrogens with two attached hydrogens (primary N) is 1. The van der Waals surface area contributed by atoms with Gasteiger partial charge in [0.15, 0.2) is 0 Å². The first-order valence-corrected chi connectivity index (χ1v) is 6.34. The molecule has 0 spiro atoms. The van der Waals surface area contributed by atoms with Crippen LogP contribution in [0, 0.1) is 0 Å². The summed E-state index contributed by atoms with van der Waals surface area (Å²) in [4.78, 5) is 4.14. The number of rotatable bonds is 2. The summed E-state index contributed by atoms with van der Waals surface area (Å²) in [5.74, 6) is 0. The van der Waals surface area contributed by atoms with Crippen molar-refractivity contribution in [3.8, 4) is 5.69 Å². The fourth-order valence-electron chi connectivity index (χ4n) is 1.64. The summed E-state index contributed by atoms with van der Waals surface area (Å²) >= 11 is 9.61. The van der Waals surface area contributed by atoms with Gasteiger partial charge in [0.2, 0.25) is 0 Å². The maximum absolute atomic E-state index is 6.22. The molecule has 0 aliphatic carbocycles.